The van der Waals surface area contributed by atoms with Crippen molar-refractivity contribution < 1.29 is 139 Å². The minimum atomic E-state index is -1.99. The van der Waals surface area contributed by atoms with E-state index >= 15 is 0 Å². The molecule has 5 saturated heterocycles. The van der Waals surface area contributed by atoms with Gasteiger partial charge in [0.15, 0.2) is 31.3 Å². The van der Waals surface area contributed by atoms with Gasteiger partial charge in [0.1, 0.15) is 116 Å². The smallest absolute Gasteiger partial charge is 0.314 e. The molecule has 3 saturated carbocycles. The number of aliphatic hydroxyl groups is 17. The highest BCUT2D eigenvalue weighted by Gasteiger charge is 2.65. The summed E-state index contributed by atoms with van der Waals surface area (Å²) in [4.78, 5) is 14.9. The van der Waals surface area contributed by atoms with E-state index in [-0.39, 0.29) is 18.3 Å². The Morgan fingerprint density at radius 1 is 0.468 bits per heavy atom. The Balaban J connectivity index is 1.02. The lowest BCUT2D eigenvalue weighted by Crippen LogP contribution is -2.67. The average Bonchev–Trinajstić information content (AvgIpc) is 3.86. The fraction of sp³-hybridized carbons (Fsp3) is 0.941. The Hall–Kier alpha value is -1.83. The molecule has 3 aliphatic carbocycles. The van der Waals surface area contributed by atoms with Gasteiger partial charge >= 0.3 is 5.97 Å². The number of hydrogen-bond donors (Lipinski definition) is 17. The second kappa shape index (κ2) is 24.6. The molecule has 0 amide bonds. The van der Waals surface area contributed by atoms with Gasteiger partial charge in [0, 0.05) is 0 Å². The maximum atomic E-state index is 14.9. The fourth-order valence-corrected chi connectivity index (χ4v) is 14.2. The molecule has 0 spiro atoms. The molecular weight excluding hydrogens is 1060 g/mol. The number of hydrogen-bond acceptors (Lipinski definition) is 28. The molecule has 0 bridgehead atoms. The Bertz CT molecular complexity index is 2060. The van der Waals surface area contributed by atoms with Crippen LogP contribution in [0.15, 0.2) is 12.2 Å². The first kappa shape index (κ1) is 63.2. The van der Waals surface area contributed by atoms with Crippen LogP contribution >= 0.6 is 0 Å². The van der Waals surface area contributed by atoms with Gasteiger partial charge in [-0.3, -0.25) is 4.79 Å². The third-order valence-corrected chi connectivity index (χ3v) is 19.0. The first-order valence-corrected chi connectivity index (χ1v) is 27.2. The molecule has 0 aromatic rings. The molecule has 28 heteroatoms. The minimum absolute atomic E-state index is 0.131. The van der Waals surface area contributed by atoms with E-state index < -0.39 is 214 Å². The van der Waals surface area contributed by atoms with Gasteiger partial charge in [0.05, 0.1) is 44.1 Å². The molecule has 79 heavy (non-hydrogen) atoms. The van der Waals surface area contributed by atoms with E-state index in [0.29, 0.717) is 50.5 Å². The van der Waals surface area contributed by atoms with Crippen molar-refractivity contribution in [3.05, 3.63) is 12.2 Å². The summed E-state index contributed by atoms with van der Waals surface area (Å²) in [5.41, 5.74) is -2.98. The molecule has 17 N–H and O–H groups in total. The number of ether oxygens (including phenoxy) is 10. The summed E-state index contributed by atoms with van der Waals surface area (Å²) in [7, 11) is 0. The van der Waals surface area contributed by atoms with Crippen LogP contribution in [0.4, 0.5) is 0 Å². The summed E-state index contributed by atoms with van der Waals surface area (Å²) in [5.74, 6) is -1.23. The maximum absolute atomic E-state index is 14.9. The van der Waals surface area contributed by atoms with E-state index in [1.165, 1.54) is 0 Å². The number of carbonyl (C=O) groups excluding carboxylic acids is 1. The highest BCUT2D eigenvalue weighted by Crippen LogP contribution is 2.68. The van der Waals surface area contributed by atoms with E-state index in [4.69, 9.17) is 47.4 Å². The molecule has 5 aliphatic heterocycles. The normalized spacial score (nSPS) is 53.6. The molecule has 0 radical (unpaired) electrons. The Morgan fingerprint density at radius 2 is 0.848 bits per heavy atom. The first-order valence-electron chi connectivity index (χ1n) is 27.2. The lowest BCUT2D eigenvalue weighted by Gasteiger charge is -2.62. The molecule has 26 unspecified atom stereocenters. The molecule has 456 valence electrons. The lowest BCUT2D eigenvalue weighted by atomic mass is 9.42. The van der Waals surface area contributed by atoms with Gasteiger partial charge in [0.2, 0.25) is 6.29 Å². The van der Waals surface area contributed by atoms with Crippen molar-refractivity contribution in [2.75, 3.05) is 33.0 Å². The van der Waals surface area contributed by atoms with Gasteiger partial charge < -0.3 is 134 Å². The highest BCUT2D eigenvalue weighted by molar-refractivity contribution is 5.77. The van der Waals surface area contributed by atoms with Crippen LogP contribution < -0.4 is 0 Å². The molecule has 8 rings (SSSR count). The summed E-state index contributed by atoms with van der Waals surface area (Å²) in [6.45, 7) is 8.18. The van der Waals surface area contributed by atoms with Crippen LogP contribution in [-0.4, -0.2) is 285 Å². The number of fused-ring (bicyclic) bond motifs is 3. The van der Waals surface area contributed by atoms with Gasteiger partial charge in [-0.1, -0.05) is 26.8 Å². The molecule has 31 atom stereocenters. The second-order valence-electron chi connectivity index (χ2n) is 24.0. The quantitative estimate of drug-likeness (QED) is 0.0535. The highest BCUT2D eigenvalue weighted by atomic mass is 16.8. The molecule has 5 heterocycles. The third kappa shape index (κ3) is 11.6. The first-order chi connectivity index (χ1) is 37.2. The van der Waals surface area contributed by atoms with Crippen LogP contribution in [-0.2, 0) is 52.2 Å². The topological polar surface area (TPSA) is 453 Å². The van der Waals surface area contributed by atoms with Crippen LogP contribution in [0.1, 0.15) is 79.1 Å². The Labute approximate surface area is 455 Å². The van der Waals surface area contributed by atoms with E-state index in [2.05, 4.69) is 20.4 Å². The largest absolute Gasteiger partial charge is 0.432 e. The van der Waals surface area contributed by atoms with E-state index in [0.717, 1.165) is 0 Å². The minimum Gasteiger partial charge on any atom is -0.432 e. The zero-order valence-electron chi connectivity index (χ0n) is 44.6. The summed E-state index contributed by atoms with van der Waals surface area (Å²) >= 11 is 0. The Morgan fingerprint density at radius 3 is 1.32 bits per heavy atom. The molecule has 8 fully saturated rings. The molecule has 0 aromatic heterocycles. The molecule has 8 aliphatic rings. The summed E-state index contributed by atoms with van der Waals surface area (Å²) < 4.78 is 59.7. The van der Waals surface area contributed by atoms with E-state index in [1.54, 1.807) is 13.8 Å². The van der Waals surface area contributed by atoms with Crippen LogP contribution in [0.3, 0.4) is 0 Å². The third-order valence-electron chi connectivity index (χ3n) is 19.0. The van der Waals surface area contributed by atoms with Crippen molar-refractivity contribution in [2.45, 2.75) is 238 Å². The van der Waals surface area contributed by atoms with E-state index in [9.17, 15) is 91.6 Å². The van der Waals surface area contributed by atoms with Crippen LogP contribution in [0.25, 0.3) is 0 Å². The number of esters is 1. The predicted molar refractivity (Wildman–Crippen MR) is 258 cm³/mol. The number of aliphatic hydroxyl groups excluding tert-OH is 17. The SMILES string of the molecule is C=C1C[C@@]2(C)CCC3[C@](C)(C(=O)OC4OC(CO)C(O)C(O)C4OC4OC(CO)C(O)C(O)C4O)CCC[C@@]3(C)[C@@H]2CC[C@@]1(C)OC1OC(CO)C(O)C(O)C1OC1OC(CO)C(O)C(O)C1OC1OC(CO)C(O)C(O)C1O. The van der Waals surface area contributed by atoms with Crippen LogP contribution in [0.2, 0.25) is 0 Å². The fourth-order valence-electron chi connectivity index (χ4n) is 14.2. The molecule has 0 aromatic carbocycles. The van der Waals surface area contributed by atoms with Gasteiger partial charge in [-0.25, -0.2) is 0 Å². The lowest BCUT2D eigenvalue weighted by molar-refractivity contribution is -0.397. The van der Waals surface area contributed by atoms with E-state index in [1.807, 2.05) is 0 Å². The zero-order valence-corrected chi connectivity index (χ0v) is 44.6. The van der Waals surface area contributed by atoms with Crippen molar-refractivity contribution in [1.29, 1.82) is 0 Å². The summed E-state index contributed by atoms with van der Waals surface area (Å²) in [6, 6.07) is 0. The van der Waals surface area contributed by atoms with Crippen molar-refractivity contribution >= 4 is 5.97 Å². The van der Waals surface area contributed by atoms with Crippen molar-refractivity contribution in [3.63, 3.8) is 0 Å². The molecular formula is C51H84O28. The zero-order chi connectivity index (χ0) is 58.0. The standard InChI is InChI=1S/C51H84O28/c1-19-13-48(2)11-7-26-49(3,9-6-10-50(26,4)47(69)78-45-40(35(65)30(60)23(17-55)73-45)76-43-38(68)33(63)28(58)21(15-53)71-43)25(48)8-12-51(19,5)79-46-41(36(66)31(61)24(18-56)74-46)77-44-39(34(64)29(59)22(16-54)72-44)75-42-37(67)32(62)27(57)20(14-52)70-42/h20-46,52-68H,1,6-18H2,2-5H3/t20?,21?,22?,23?,24?,25-,26?,27?,28?,29?,30?,31?,32?,33?,34?,35?,36?,37?,38?,39?,40?,41?,42?,43?,44?,45?,46?,48-,49+,50-,51-/m1/s1. The summed E-state index contributed by atoms with van der Waals surface area (Å²) in [5, 5.41) is 181. The van der Waals surface area contributed by atoms with Crippen molar-refractivity contribution in [2.24, 2.45) is 28.1 Å². The monoisotopic (exact) mass is 1140 g/mol. The molecule has 28 nitrogen and oxygen atoms in total. The maximum Gasteiger partial charge on any atom is 0.314 e. The van der Waals surface area contributed by atoms with Crippen LogP contribution in [0.5, 0.6) is 0 Å². The van der Waals surface area contributed by atoms with Gasteiger partial charge in [-0.15, -0.1) is 0 Å². The number of carbonyl (C=O) groups is 1. The Kier molecular flexibility index (Phi) is 19.7. The van der Waals surface area contributed by atoms with Crippen molar-refractivity contribution in [1.82, 2.24) is 0 Å². The summed E-state index contributed by atoms with van der Waals surface area (Å²) in [6.07, 6.45) is -40.6. The average molecular weight is 1150 g/mol. The second-order valence-corrected chi connectivity index (χ2v) is 24.0. The van der Waals surface area contributed by atoms with Crippen LogP contribution in [0, 0.1) is 28.1 Å². The van der Waals surface area contributed by atoms with Crippen molar-refractivity contribution in [3.8, 4) is 0 Å². The van der Waals surface area contributed by atoms with Gasteiger partial charge in [0.25, 0.3) is 0 Å². The van der Waals surface area contributed by atoms with Gasteiger partial charge in [-0.05, 0) is 87.0 Å². The predicted octanol–water partition coefficient (Wildman–Crippen LogP) is -6.65. The van der Waals surface area contributed by atoms with Gasteiger partial charge in [-0.2, -0.15) is 0 Å². The number of rotatable bonds is 15.